The molecule has 0 aromatic carbocycles. The Morgan fingerprint density at radius 1 is 1.39 bits per heavy atom. The molecular formula is C14H19N3O4S2. The third-order valence-electron chi connectivity index (χ3n) is 3.58. The number of thiophene rings is 1. The lowest BCUT2D eigenvalue weighted by Gasteiger charge is -2.12. The fourth-order valence-corrected chi connectivity index (χ4v) is 5.19. The maximum atomic E-state index is 12.3. The van der Waals surface area contributed by atoms with Gasteiger partial charge >= 0.3 is 0 Å². The highest BCUT2D eigenvalue weighted by atomic mass is 32.2. The van der Waals surface area contributed by atoms with Crippen molar-refractivity contribution in [2.75, 3.05) is 17.1 Å². The summed E-state index contributed by atoms with van der Waals surface area (Å²) in [6, 6.07) is 0. The first-order valence-corrected chi connectivity index (χ1v) is 10.0. The van der Waals surface area contributed by atoms with Crippen molar-refractivity contribution in [3.63, 3.8) is 0 Å². The molecule has 2 aromatic rings. The smallest absolute Gasteiger partial charge is 0.261 e. The van der Waals surface area contributed by atoms with Crippen LogP contribution in [0.15, 0.2) is 4.52 Å². The number of sulfonamides is 1. The number of nitrogens with zero attached hydrogens (tertiary/aromatic N) is 2. The molecule has 2 aromatic heterocycles. The van der Waals surface area contributed by atoms with E-state index < -0.39 is 10.0 Å². The van der Waals surface area contributed by atoms with Crippen LogP contribution in [0.1, 0.15) is 36.0 Å². The molecule has 0 saturated heterocycles. The Morgan fingerprint density at radius 3 is 2.91 bits per heavy atom. The van der Waals surface area contributed by atoms with Crippen LogP contribution in [0.25, 0.3) is 11.5 Å². The molecule has 1 N–H and O–H groups in total. The Kier molecular flexibility index (Phi) is 4.69. The molecule has 3 heterocycles. The fraction of sp³-hybridized carbons (Fsp3) is 0.571. The van der Waals surface area contributed by atoms with Gasteiger partial charge in [0.1, 0.15) is 5.00 Å². The molecule has 0 aliphatic carbocycles. The normalized spacial score (nSPS) is 14.7. The molecule has 0 spiro atoms. The minimum absolute atomic E-state index is 0.102. The molecule has 9 heteroatoms. The number of rotatable bonds is 6. The van der Waals surface area contributed by atoms with Crippen LogP contribution in [0.2, 0.25) is 0 Å². The maximum absolute atomic E-state index is 12.3. The van der Waals surface area contributed by atoms with E-state index in [0.29, 0.717) is 48.3 Å². The van der Waals surface area contributed by atoms with Crippen molar-refractivity contribution in [1.29, 1.82) is 0 Å². The zero-order valence-electron chi connectivity index (χ0n) is 13.1. The SMILES string of the molecule is CCCCS(=O)(=O)Nc1sc2c(c1-c1nc(C)no1)CCOC2. The Labute approximate surface area is 139 Å². The van der Waals surface area contributed by atoms with Crippen molar-refractivity contribution in [2.24, 2.45) is 0 Å². The van der Waals surface area contributed by atoms with Gasteiger partial charge in [0.05, 0.1) is 24.5 Å². The second kappa shape index (κ2) is 6.58. The topological polar surface area (TPSA) is 94.3 Å². The fourth-order valence-electron chi connectivity index (χ4n) is 2.46. The predicted octanol–water partition coefficient (Wildman–Crippen LogP) is 2.72. The summed E-state index contributed by atoms with van der Waals surface area (Å²) in [6.45, 7) is 4.78. The van der Waals surface area contributed by atoms with Crippen LogP contribution >= 0.6 is 11.3 Å². The molecule has 0 radical (unpaired) electrons. The van der Waals surface area contributed by atoms with Crippen LogP contribution in [0.4, 0.5) is 5.00 Å². The molecular weight excluding hydrogens is 338 g/mol. The first-order chi connectivity index (χ1) is 11.0. The van der Waals surface area contributed by atoms with Crippen LogP contribution in [0, 0.1) is 6.92 Å². The number of ether oxygens (including phenoxy) is 1. The lowest BCUT2D eigenvalue weighted by molar-refractivity contribution is 0.113. The molecule has 3 rings (SSSR count). The molecule has 0 atom stereocenters. The second-order valence-corrected chi connectivity index (χ2v) is 8.38. The summed E-state index contributed by atoms with van der Waals surface area (Å²) in [7, 11) is -3.39. The van der Waals surface area contributed by atoms with Crippen molar-refractivity contribution in [3.05, 3.63) is 16.3 Å². The van der Waals surface area contributed by atoms with Gasteiger partial charge in [-0.1, -0.05) is 18.5 Å². The monoisotopic (exact) mass is 357 g/mol. The van der Waals surface area contributed by atoms with Crippen LogP contribution in [-0.2, 0) is 27.8 Å². The number of fused-ring (bicyclic) bond motifs is 1. The van der Waals surface area contributed by atoms with Gasteiger partial charge in [0.15, 0.2) is 5.82 Å². The molecule has 1 aliphatic heterocycles. The van der Waals surface area contributed by atoms with Crippen LogP contribution in [0.3, 0.4) is 0 Å². The number of hydrogen-bond donors (Lipinski definition) is 1. The third-order valence-corrected chi connectivity index (χ3v) is 6.17. The highest BCUT2D eigenvalue weighted by Crippen LogP contribution is 2.42. The second-order valence-electron chi connectivity index (χ2n) is 5.43. The summed E-state index contributed by atoms with van der Waals surface area (Å²) >= 11 is 1.38. The summed E-state index contributed by atoms with van der Waals surface area (Å²) in [4.78, 5) is 5.28. The zero-order valence-corrected chi connectivity index (χ0v) is 14.7. The standard InChI is InChI=1S/C14H19N3O4S2/c1-3-4-7-23(18,19)17-14-12(13-15-9(2)16-21-13)10-5-6-20-8-11(10)22-14/h17H,3-8H2,1-2H3. The number of hydrogen-bond acceptors (Lipinski definition) is 7. The van der Waals surface area contributed by atoms with Gasteiger partial charge in [0.25, 0.3) is 5.89 Å². The summed E-state index contributed by atoms with van der Waals surface area (Å²) < 4.78 is 38.0. The Morgan fingerprint density at radius 2 is 2.22 bits per heavy atom. The van der Waals surface area contributed by atoms with Gasteiger partial charge in [-0.05, 0) is 25.3 Å². The Balaban J connectivity index is 2.01. The predicted molar refractivity (Wildman–Crippen MR) is 88.0 cm³/mol. The van der Waals surface area contributed by atoms with Crippen molar-refractivity contribution >= 4 is 26.4 Å². The van der Waals surface area contributed by atoms with Crippen molar-refractivity contribution in [2.45, 2.75) is 39.7 Å². The van der Waals surface area contributed by atoms with Gasteiger partial charge in [-0.15, -0.1) is 11.3 Å². The summed E-state index contributed by atoms with van der Waals surface area (Å²) in [5.74, 6) is 0.979. The van der Waals surface area contributed by atoms with E-state index >= 15 is 0 Å². The first kappa shape index (κ1) is 16.4. The van der Waals surface area contributed by atoms with Crippen molar-refractivity contribution in [3.8, 4) is 11.5 Å². The van der Waals surface area contributed by atoms with E-state index in [0.717, 1.165) is 16.9 Å². The van der Waals surface area contributed by atoms with Gasteiger partial charge < -0.3 is 9.26 Å². The zero-order chi connectivity index (χ0) is 16.4. The molecule has 0 unspecified atom stereocenters. The third kappa shape index (κ3) is 3.56. The van der Waals surface area contributed by atoms with E-state index in [1.165, 1.54) is 11.3 Å². The largest absolute Gasteiger partial charge is 0.376 e. The molecule has 7 nitrogen and oxygen atoms in total. The molecule has 1 aliphatic rings. The van der Waals surface area contributed by atoms with Crippen LogP contribution in [-0.4, -0.2) is 30.9 Å². The quantitative estimate of drug-likeness (QED) is 0.854. The number of anilines is 1. The van der Waals surface area contributed by atoms with E-state index in [2.05, 4.69) is 14.9 Å². The summed E-state index contributed by atoms with van der Waals surface area (Å²) in [5, 5.41) is 4.36. The summed E-state index contributed by atoms with van der Waals surface area (Å²) in [6.07, 6.45) is 2.16. The van der Waals surface area contributed by atoms with E-state index in [1.807, 2.05) is 6.92 Å². The average Bonchev–Trinajstić information content (AvgIpc) is 3.07. The van der Waals surface area contributed by atoms with Gasteiger partial charge in [-0.3, -0.25) is 4.72 Å². The molecule has 126 valence electrons. The average molecular weight is 357 g/mol. The lowest BCUT2D eigenvalue weighted by atomic mass is 10.1. The Hall–Kier alpha value is -1.45. The highest BCUT2D eigenvalue weighted by Gasteiger charge is 2.27. The molecule has 0 fully saturated rings. The highest BCUT2D eigenvalue weighted by molar-refractivity contribution is 7.92. The van der Waals surface area contributed by atoms with E-state index in [9.17, 15) is 8.42 Å². The maximum Gasteiger partial charge on any atom is 0.261 e. The molecule has 0 bridgehead atoms. The minimum atomic E-state index is -3.39. The molecule has 0 amide bonds. The van der Waals surface area contributed by atoms with Crippen LogP contribution in [0.5, 0.6) is 0 Å². The van der Waals surface area contributed by atoms with Gasteiger partial charge in [0, 0.05) is 4.88 Å². The minimum Gasteiger partial charge on any atom is -0.376 e. The summed E-state index contributed by atoms with van der Waals surface area (Å²) in [5.41, 5.74) is 1.74. The van der Waals surface area contributed by atoms with E-state index in [4.69, 9.17) is 9.26 Å². The van der Waals surface area contributed by atoms with Gasteiger partial charge in [0.2, 0.25) is 10.0 Å². The van der Waals surface area contributed by atoms with E-state index in [-0.39, 0.29) is 5.75 Å². The molecule has 23 heavy (non-hydrogen) atoms. The van der Waals surface area contributed by atoms with Crippen molar-refractivity contribution < 1.29 is 17.7 Å². The number of aryl methyl sites for hydroxylation is 1. The number of nitrogens with one attached hydrogen (secondary N) is 1. The number of aromatic nitrogens is 2. The first-order valence-electron chi connectivity index (χ1n) is 7.53. The Bertz CT molecular complexity index is 795. The van der Waals surface area contributed by atoms with Crippen molar-refractivity contribution in [1.82, 2.24) is 10.1 Å². The van der Waals surface area contributed by atoms with Crippen LogP contribution < -0.4 is 4.72 Å². The number of unbranched alkanes of at least 4 members (excludes halogenated alkanes) is 1. The van der Waals surface area contributed by atoms with E-state index in [1.54, 1.807) is 6.92 Å². The van der Waals surface area contributed by atoms with Gasteiger partial charge in [-0.25, -0.2) is 8.42 Å². The lowest BCUT2D eigenvalue weighted by Crippen LogP contribution is -2.16. The molecule has 0 saturated carbocycles. The van der Waals surface area contributed by atoms with Gasteiger partial charge in [-0.2, -0.15) is 4.98 Å².